The predicted molar refractivity (Wildman–Crippen MR) is 107 cm³/mol. The number of nitrogens with one attached hydrogen (secondary N) is 1. The molecule has 1 atom stereocenters. The second-order valence-corrected chi connectivity index (χ2v) is 7.25. The van der Waals surface area contributed by atoms with Crippen LogP contribution in [0.15, 0.2) is 54.6 Å². The van der Waals surface area contributed by atoms with Gasteiger partial charge in [0, 0.05) is 5.39 Å². The van der Waals surface area contributed by atoms with Gasteiger partial charge in [-0.15, -0.1) is 0 Å². The lowest BCUT2D eigenvalue weighted by Crippen LogP contribution is -2.35. The van der Waals surface area contributed by atoms with E-state index in [-0.39, 0.29) is 35.7 Å². The molecule has 0 heterocycles. The Kier molecular flexibility index (Phi) is 6.23. The molecule has 0 fully saturated rings. The lowest BCUT2D eigenvalue weighted by Gasteiger charge is -2.24. The molecular formula is C20H19FN2O4S. The third-order valence-electron chi connectivity index (χ3n) is 4.10. The number of hydrogen-bond acceptors (Lipinski definition) is 4. The van der Waals surface area contributed by atoms with Gasteiger partial charge in [-0.3, -0.25) is 4.31 Å². The van der Waals surface area contributed by atoms with Crippen LogP contribution in [0.1, 0.15) is 5.56 Å². The highest BCUT2D eigenvalue weighted by molar-refractivity contribution is 7.84. The third-order valence-corrected chi connectivity index (χ3v) is 5.18. The Hall–Kier alpha value is -2.97. The van der Waals surface area contributed by atoms with E-state index in [1.165, 1.54) is 19.2 Å². The van der Waals surface area contributed by atoms with Gasteiger partial charge in [0.25, 0.3) is 0 Å². The van der Waals surface area contributed by atoms with Crippen LogP contribution in [0.3, 0.4) is 0 Å². The second-order valence-electron chi connectivity index (χ2n) is 5.90. The summed E-state index contributed by atoms with van der Waals surface area (Å²) in [5.74, 6) is -0.695. The molecule has 0 radical (unpaired) electrons. The fraction of sp³-hybridized carbons (Fsp3) is 0.150. The van der Waals surface area contributed by atoms with Gasteiger partial charge in [0.2, 0.25) is 0 Å². The van der Waals surface area contributed by atoms with Crippen LogP contribution in [-0.4, -0.2) is 29.2 Å². The quantitative estimate of drug-likeness (QED) is 0.568. The molecule has 0 aliphatic carbocycles. The van der Waals surface area contributed by atoms with Crippen molar-refractivity contribution in [3.05, 3.63) is 66.0 Å². The molecule has 0 bridgehead atoms. The van der Waals surface area contributed by atoms with Crippen molar-refractivity contribution in [2.75, 3.05) is 17.9 Å². The Morgan fingerprint density at radius 2 is 1.96 bits per heavy atom. The number of ether oxygens (including phenoxy) is 1. The standard InChI is InChI=1S/C20H19FN2O4S/c1-22-28(26)23(9-10-24)20-18(27-13-14-5-3-2-4-6-14)11-15-7-8-16(25)12-17(15)19(20)21/h2-8,10-12,22,25H,9,13H2,1H3. The third kappa shape index (κ3) is 4.13. The lowest BCUT2D eigenvalue weighted by molar-refractivity contribution is -0.106. The molecule has 0 amide bonds. The zero-order valence-electron chi connectivity index (χ0n) is 15.1. The maximum Gasteiger partial charge on any atom is 0.196 e. The van der Waals surface area contributed by atoms with Crippen molar-refractivity contribution in [1.29, 1.82) is 0 Å². The normalized spacial score (nSPS) is 11.9. The first-order valence-electron chi connectivity index (χ1n) is 8.47. The zero-order valence-corrected chi connectivity index (χ0v) is 15.9. The molecule has 1 unspecified atom stereocenters. The molecule has 146 valence electrons. The summed E-state index contributed by atoms with van der Waals surface area (Å²) in [7, 11) is 1.43. The van der Waals surface area contributed by atoms with Gasteiger partial charge in [-0.25, -0.2) is 13.3 Å². The first kappa shape index (κ1) is 19.8. The van der Waals surface area contributed by atoms with Crippen molar-refractivity contribution in [2.24, 2.45) is 0 Å². The summed E-state index contributed by atoms with van der Waals surface area (Å²) >= 11 is -1.86. The Labute approximate surface area is 164 Å². The number of halogens is 1. The number of anilines is 1. The summed E-state index contributed by atoms with van der Waals surface area (Å²) in [5.41, 5.74) is 0.755. The average molecular weight is 402 g/mol. The van der Waals surface area contributed by atoms with Gasteiger partial charge >= 0.3 is 0 Å². The molecule has 0 saturated carbocycles. The summed E-state index contributed by atoms with van der Waals surface area (Å²) in [6.07, 6.45) is 0.530. The van der Waals surface area contributed by atoms with E-state index in [1.807, 2.05) is 30.3 Å². The number of hydrogen-bond donors (Lipinski definition) is 2. The molecule has 28 heavy (non-hydrogen) atoms. The minimum atomic E-state index is -1.86. The van der Waals surface area contributed by atoms with Crippen molar-refractivity contribution < 1.29 is 23.2 Å². The first-order chi connectivity index (χ1) is 13.5. The summed E-state index contributed by atoms with van der Waals surface area (Å²) < 4.78 is 37.2. The number of phenolic OH excluding ortho intramolecular Hbond substituents is 1. The van der Waals surface area contributed by atoms with E-state index < -0.39 is 17.0 Å². The number of aldehydes is 1. The van der Waals surface area contributed by atoms with Crippen LogP contribution in [-0.2, 0) is 22.6 Å². The predicted octanol–water partition coefficient (Wildman–Crippen LogP) is 3.07. The van der Waals surface area contributed by atoms with Gasteiger partial charge in [-0.05, 0) is 36.2 Å². The molecule has 8 heteroatoms. The molecule has 2 N–H and O–H groups in total. The smallest absolute Gasteiger partial charge is 0.196 e. The maximum absolute atomic E-state index is 15.4. The Morgan fingerprint density at radius 3 is 2.64 bits per heavy atom. The number of benzene rings is 3. The van der Waals surface area contributed by atoms with Crippen LogP contribution in [0.4, 0.5) is 10.1 Å². The van der Waals surface area contributed by atoms with E-state index in [0.717, 1.165) is 9.87 Å². The van der Waals surface area contributed by atoms with E-state index in [4.69, 9.17) is 4.74 Å². The van der Waals surface area contributed by atoms with Crippen LogP contribution < -0.4 is 13.8 Å². The molecular weight excluding hydrogens is 383 g/mol. The first-order valence-corrected chi connectivity index (χ1v) is 9.58. The fourth-order valence-electron chi connectivity index (χ4n) is 2.80. The van der Waals surface area contributed by atoms with Gasteiger partial charge in [0.1, 0.15) is 30.1 Å². The van der Waals surface area contributed by atoms with Gasteiger partial charge < -0.3 is 14.6 Å². The Bertz CT molecular complexity index is 1010. The summed E-state index contributed by atoms with van der Waals surface area (Å²) in [5, 5.41) is 10.4. The SMILES string of the molecule is CNS(=O)N(CC=O)c1c(OCc2ccccc2)cc2ccc(O)cc2c1F. The van der Waals surface area contributed by atoms with Gasteiger partial charge in [0.15, 0.2) is 17.0 Å². The number of fused-ring (bicyclic) bond motifs is 1. The van der Waals surface area contributed by atoms with E-state index in [2.05, 4.69) is 4.72 Å². The molecule has 3 rings (SSSR count). The topological polar surface area (TPSA) is 78.9 Å². The Balaban J connectivity index is 2.14. The van der Waals surface area contributed by atoms with E-state index in [9.17, 15) is 14.1 Å². The summed E-state index contributed by atoms with van der Waals surface area (Å²) in [6, 6.07) is 15.2. The highest BCUT2D eigenvalue weighted by Gasteiger charge is 2.24. The summed E-state index contributed by atoms with van der Waals surface area (Å²) in [4.78, 5) is 11.1. The lowest BCUT2D eigenvalue weighted by atomic mass is 10.1. The van der Waals surface area contributed by atoms with E-state index in [1.54, 1.807) is 12.1 Å². The van der Waals surface area contributed by atoms with Crippen molar-refractivity contribution in [3.63, 3.8) is 0 Å². The second kappa shape index (κ2) is 8.81. The van der Waals surface area contributed by atoms with Crippen LogP contribution in [0.2, 0.25) is 0 Å². The van der Waals surface area contributed by atoms with Gasteiger partial charge in [-0.2, -0.15) is 0 Å². The summed E-state index contributed by atoms with van der Waals surface area (Å²) in [6.45, 7) is -0.144. The van der Waals surface area contributed by atoms with Gasteiger partial charge in [0.05, 0.1) is 6.54 Å². The molecule has 0 spiro atoms. The highest BCUT2D eigenvalue weighted by Crippen LogP contribution is 2.39. The number of nitrogens with zero attached hydrogens (tertiary/aromatic N) is 1. The molecule has 6 nitrogen and oxygen atoms in total. The molecule has 0 aromatic heterocycles. The number of carbonyl (C=O) groups is 1. The van der Waals surface area contributed by atoms with Crippen molar-refractivity contribution >= 4 is 33.9 Å². The van der Waals surface area contributed by atoms with Crippen LogP contribution in [0, 0.1) is 5.82 Å². The van der Waals surface area contributed by atoms with Crippen molar-refractivity contribution in [1.82, 2.24) is 4.72 Å². The van der Waals surface area contributed by atoms with Crippen molar-refractivity contribution in [3.8, 4) is 11.5 Å². The fourth-order valence-corrected chi connectivity index (χ4v) is 3.56. The van der Waals surface area contributed by atoms with Crippen LogP contribution in [0.5, 0.6) is 11.5 Å². The average Bonchev–Trinajstić information content (AvgIpc) is 2.72. The highest BCUT2D eigenvalue weighted by atomic mass is 32.2. The van der Waals surface area contributed by atoms with Gasteiger partial charge in [-0.1, -0.05) is 36.4 Å². The minimum Gasteiger partial charge on any atom is -0.508 e. The van der Waals surface area contributed by atoms with Crippen molar-refractivity contribution in [2.45, 2.75) is 6.61 Å². The van der Waals surface area contributed by atoms with E-state index in [0.29, 0.717) is 11.7 Å². The Morgan fingerprint density at radius 1 is 1.21 bits per heavy atom. The maximum atomic E-state index is 15.4. The molecule has 0 aliphatic heterocycles. The van der Waals surface area contributed by atoms with Crippen LogP contribution in [0.25, 0.3) is 10.8 Å². The number of rotatable bonds is 8. The molecule has 0 saturated heterocycles. The molecule has 0 aliphatic rings. The minimum absolute atomic E-state index is 0.105. The molecule has 3 aromatic rings. The number of phenols is 1. The largest absolute Gasteiger partial charge is 0.508 e. The monoisotopic (exact) mass is 402 g/mol. The zero-order chi connectivity index (χ0) is 20.1. The number of carbonyl (C=O) groups excluding carboxylic acids is 1. The number of aromatic hydroxyl groups is 1. The molecule has 3 aromatic carbocycles. The van der Waals surface area contributed by atoms with E-state index >= 15 is 4.39 Å². The van der Waals surface area contributed by atoms with Crippen LogP contribution >= 0.6 is 0 Å².